The zero-order chi connectivity index (χ0) is 13.8. The van der Waals surface area contributed by atoms with Gasteiger partial charge in [-0.15, -0.1) is 0 Å². The second-order valence-corrected chi connectivity index (χ2v) is 6.68. The van der Waals surface area contributed by atoms with E-state index in [1.165, 1.54) is 0 Å². The Morgan fingerprint density at radius 3 is 1.89 bits per heavy atom. The molecule has 0 heterocycles. The molecule has 1 fully saturated rings. The molecule has 0 bridgehead atoms. The van der Waals surface area contributed by atoms with Crippen molar-refractivity contribution < 1.29 is 9.84 Å². The number of hydrogen-bond donors (Lipinski definition) is 1. The van der Waals surface area contributed by atoms with Crippen LogP contribution in [0.2, 0.25) is 0 Å². The van der Waals surface area contributed by atoms with Crippen LogP contribution in [0.15, 0.2) is 0 Å². The second-order valence-electron chi connectivity index (χ2n) is 6.68. The van der Waals surface area contributed by atoms with Crippen molar-refractivity contribution in [1.82, 2.24) is 0 Å². The fraction of sp³-hybridized carbons (Fsp3) is 1.00. The largest absolute Gasteiger partial charge is 0.390 e. The molecule has 0 saturated heterocycles. The summed E-state index contributed by atoms with van der Waals surface area (Å²) < 4.78 is 6.06. The molecule has 1 saturated carbocycles. The van der Waals surface area contributed by atoms with Gasteiger partial charge >= 0.3 is 0 Å². The average molecular weight is 256 g/mol. The van der Waals surface area contributed by atoms with Gasteiger partial charge in [-0.3, -0.25) is 0 Å². The molecule has 0 amide bonds. The second kappa shape index (κ2) is 6.38. The first-order chi connectivity index (χ1) is 8.40. The third-order valence-electron chi connectivity index (χ3n) is 4.92. The Kier molecular flexibility index (Phi) is 5.67. The lowest BCUT2D eigenvalue weighted by Crippen LogP contribution is -2.52. The van der Waals surface area contributed by atoms with Crippen molar-refractivity contribution in [3.05, 3.63) is 0 Å². The van der Waals surface area contributed by atoms with Gasteiger partial charge in [-0.1, -0.05) is 40.5 Å². The maximum absolute atomic E-state index is 10.8. The molecular weight excluding hydrogens is 224 g/mol. The van der Waals surface area contributed by atoms with Gasteiger partial charge in [0, 0.05) is 6.61 Å². The first kappa shape index (κ1) is 16.0. The molecule has 1 N–H and O–H groups in total. The lowest BCUT2D eigenvalue weighted by molar-refractivity contribution is -0.168. The third-order valence-corrected chi connectivity index (χ3v) is 4.92. The molecule has 1 rings (SSSR count). The van der Waals surface area contributed by atoms with E-state index in [9.17, 15) is 5.11 Å². The van der Waals surface area contributed by atoms with Crippen LogP contribution in [0.5, 0.6) is 0 Å². The molecule has 0 radical (unpaired) electrons. The molecule has 18 heavy (non-hydrogen) atoms. The van der Waals surface area contributed by atoms with Crippen LogP contribution in [0.4, 0.5) is 0 Å². The monoisotopic (exact) mass is 256 g/mol. The fourth-order valence-corrected chi connectivity index (χ4v) is 3.33. The van der Waals surface area contributed by atoms with Gasteiger partial charge in [0.2, 0.25) is 0 Å². The Morgan fingerprint density at radius 1 is 1.00 bits per heavy atom. The predicted molar refractivity (Wildman–Crippen MR) is 76.7 cm³/mol. The van der Waals surface area contributed by atoms with Crippen molar-refractivity contribution in [3.63, 3.8) is 0 Å². The van der Waals surface area contributed by atoms with Crippen LogP contribution in [-0.4, -0.2) is 23.4 Å². The molecule has 1 aliphatic carbocycles. The highest BCUT2D eigenvalue weighted by Crippen LogP contribution is 2.45. The summed E-state index contributed by atoms with van der Waals surface area (Å²) in [6, 6.07) is 0. The van der Waals surface area contributed by atoms with Gasteiger partial charge in [0.25, 0.3) is 0 Å². The molecule has 108 valence electrons. The topological polar surface area (TPSA) is 29.5 Å². The Hall–Kier alpha value is -0.0800. The third kappa shape index (κ3) is 3.48. The number of ether oxygens (including phenoxy) is 1. The van der Waals surface area contributed by atoms with Crippen molar-refractivity contribution in [2.24, 2.45) is 11.3 Å². The summed E-state index contributed by atoms with van der Waals surface area (Å²) in [5.41, 5.74) is 0.134. The first-order valence-electron chi connectivity index (χ1n) is 7.73. The number of hydrogen-bond acceptors (Lipinski definition) is 2. The minimum atomic E-state index is -0.302. The summed E-state index contributed by atoms with van der Waals surface area (Å²) in [7, 11) is 0. The molecule has 0 aromatic carbocycles. The molecule has 2 nitrogen and oxygen atoms in total. The predicted octanol–water partition coefficient (Wildman–Crippen LogP) is 4.16. The molecule has 0 aromatic heterocycles. The maximum Gasteiger partial charge on any atom is 0.0943 e. The molecule has 1 atom stereocenters. The van der Waals surface area contributed by atoms with Gasteiger partial charge in [0.15, 0.2) is 0 Å². The van der Waals surface area contributed by atoms with E-state index in [4.69, 9.17) is 4.74 Å². The van der Waals surface area contributed by atoms with E-state index < -0.39 is 0 Å². The Morgan fingerprint density at radius 2 is 1.50 bits per heavy atom. The van der Waals surface area contributed by atoms with E-state index in [1.54, 1.807) is 0 Å². The standard InChI is InChI=1S/C16H32O2/c1-6-13(7-2)14(17)16(18-8-3)11-9-15(4,5)10-12-16/h13-14,17H,6-12H2,1-5H3. The Labute approximate surface area is 113 Å². The van der Waals surface area contributed by atoms with Crippen LogP contribution in [0.25, 0.3) is 0 Å². The van der Waals surface area contributed by atoms with Crippen molar-refractivity contribution in [2.75, 3.05) is 6.61 Å². The van der Waals surface area contributed by atoms with Gasteiger partial charge in [0.1, 0.15) is 0 Å². The zero-order valence-corrected chi connectivity index (χ0v) is 13.0. The highest BCUT2D eigenvalue weighted by Gasteiger charge is 2.46. The number of aliphatic hydroxyl groups is 1. The summed E-state index contributed by atoms with van der Waals surface area (Å²) in [6.45, 7) is 11.7. The summed E-state index contributed by atoms with van der Waals surface area (Å²) in [5, 5.41) is 10.8. The summed E-state index contributed by atoms with van der Waals surface area (Å²) in [6.07, 6.45) is 6.10. The van der Waals surface area contributed by atoms with E-state index >= 15 is 0 Å². The SMILES string of the molecule is CCOC1(C(O)C(CC)CC)CCC(C)(C)CC1. The van der Waals surface area contributed by atoms with E-state index in [2.05, 4.69) is 27.7 Å². The summed E-state index contributed by atoms with van der Waals surface area (Å²) in [5.74, 6) is 0.373. The van der Waals surface area contributed by atoms with Gasteiger partial charge < -0.3 is 9.84 Å². The smallest absolute Gasteiger partial charge is 0.0943 e. The van der Waals surface area contributed by atoms with Crippen LogP contribution in [-0.2, 0) is 4.74 Å². The Balaban J connectivity index is 2.81. The summed E-state index contributed by atoms with van der Waals surface area (Å²) >= 11 is 0. The van der Waals surface area contributed by atoms with Crippen molar-refractivity contribution in [3.8, 4) is 0 Å². The van der Waals surface area contributed by atoms with E-state index in [-0.39, 0.29) is 11.7 Å². The van der Waals surface area contributed by atoms with E-state index in [1.807, 2.05) is 6.92 Å². The van der Waals surface area contributed by atoms with Crippen LogP contribution >= 0.6 is 0 Å². The van der Waals surface area contributed by atoms with Gasteiger partial charge in [0.05, 0.1) is 11.7 Å². The number of aliphatic hydroxyl groups excluding tert-OH is 1. The van der Waals surface area contributed by atoms with Crippen LogP contribution in [0.1, 0.15) is 73.1 Å². The quantitative estimate of drug-likeness (QED) is 0.773. The molecule has 1 unspecified atom stereocenters. The molecule has 1 aliphatic rings. The molecular formula is C16H32O2. The lowest BCUT2D eigenvalue weighted by Gasteiger charge is -2.47. The van der Waals surface area contributed by atoms with Gasteiger partial charge in [-0.25, -0.2) is 0 Å². The number of rotatable bonds is 6. The lowest BCUT2D eigenvalue weighted by atomic mass is 9.66. The minimum absolute atomic E-state index is 0.277. The first-order valence-corrected chi connectivity index (χ1v) is 7.73. The van der Waals surface area contributed by atoms with E-state index in [0.717, 1.165) is 38.5 Å². The van der Waals surface area contributed by atoms with E-state index in [0.29, 0.717) is 17.9 Å². The van der Waals surface area contributed by atoms with Crippen LogP contribution < -0.4 is 0 Å². The van der Waals surface area contributed by atoms with Gasteiger partial charge in [-0.05, 0) is 43.9 Å². The average Bonchev–Trinajstić information content (AvgIpc) is 2.34. The molecule has 0 spiro atoms. The van der Waals surface area contributed by atoms with Crippen molar-refractivity contribution >= 4 is 0 Å². The Bertz CT molecular complexity index is 233. The highest BCUT2D eigenvalue weighted by molar-refractivity contribution is 4.97. The zero-order valence-electron chi connectivity index (χ0n) is 13.0. The minimum Gasteiger partial charge on any atom is -0.390 e. The van der Waals surface area contributed by atoms with Crippen LogP contribution in [0.3, 0.4) is 0 Å². The highest BCUT2D eigenvalue weighted by atomic mass is 16.5. The molecule has 0 aliphatic heterocycles. The van der Waals surface area contributed by atoms with Crippen molar-refractivity contribution in [2.45, 2.75) is 84.8 Å². The molecule has 0 aromatic rings. The van der Waals surface area contributed by atoms with Crippen molar-refractivity contribution in [1.29, 1.82) is 0 Å². The maximum atomic E-state index is 10.8. The molecule has 2 heteroatoms. The van der Waals surface area contributed by atoms with Gasteiger partial charge in [-0.2, -0.15) is 0 Å². The summed E-state index contributed by atoms with van der Waals surface area (Å²) in [4.78, 5) is 0. The van der Waals surface area contributed by atoms with Crippen LogP contribution in [0, 0.1) is 11.3 Å². The fourth-order valence-electron chi connectivity index (χ4n) is 3.33. The normalized spacial score (nSPS) is 24.2.